The molecule has 0 heterocycles. The van der Waals surface area contributed by atoms with E-state index in [4.69, 9.17) is 18.6 Å². The quantitative estimate of drug-likeness (QED) is 0.158. The van der Waals surface area contributed by atoms with Crippen LogP contribution in [0.1, 0.15) is 49.9 Å². The number of halogens is 1. The Morgan fingerprint density at radius 3 is 1.29 bits per heavy atom. The lowest BCUT2D eigenvalue weighted by molar-refractivity contribution is -2.00. The highest BCUT2D eigenvalue weighted by molar-refractivity contribution is 8.23. The van der Waals surface area contributed by atoms with Crippen molar-refractivity contribution in [3.8, 4) is 0 Å². The molecule has 0 aromatic heterocycles. The van der Waals surface area contributed by atoms with Crippen molar-refractivity contribution in [1.29, 1.82) is 0 Å². The van der Waals surface area contributed by atoms with Gasteiger partial charge in [-0.1, -0.05) is 99.5 Å². The van der Waals surface area contributed by atoms with Crippen molar-refractivity contribution in [1.82, 2.24) is 5.32 Å². The van der Waals surface area contributed by atoms with Crippen LogP contribution >= 0.6 is 30.8 Å². The summed E-state index contributed by atoms with van der Waals surface area (Å²) < 4.78 is 35.2. The molecular weight excluding hydrogens is 645 g/mol. The molecule has 0 saturated heterocycles. The Balaban J connectivity index is 0.00000102. The van der Waals surface area contributed by atoms with Crippen LogP contribution in [0, 0.1) is 10.2 Å². The number of amides is 1. The van der Waals surface area contributed by atoms with Crippen LogP contribution in [0.4, 0.5) is 0 Å². The van der Waals surface area contributed by atoms with E-state index in [0.29, 0.717) is 5.56 Å². The van der Waals surface area contributed by atoms with E-state index in [9.17, 15) is 4.79 Å². The Bertz CT molecular complexity index is 1340. The monoisotopic (exact) mass is 683 g/mol. The van der Waals surface area contributed by atoms with Crippen LogP contribution in [0.25, 0.3) is 0 Å². The topological polar surface area (TPSA) is 121 Å². The third-order valence-electron chi connectivity index (χ3n) is 6.69. The predicted octanol–water partition coefficient (Wildman–Crippen LogP) is 3.85. The molecule has 6 nitrogen and oxygen atoms in total. The third kappa shape index (κ3) is 11.3. The first-order chi connectivity index (χ1) is 21.7. The standard InChI is InChI=1S/C35H38NOPS2.ClHO4/c1-3-5-27-39-35(40-28-6-4-2)34(36-33(37)29-19-11-7-12-20-29)38(30-21-13-8-14-22-30,31-23-15-9-16-24-31)32-25-17-10-18-26-32;2-1(3,4)5/h7-26H,3-6,27-28H2,1-2H3;(H,2,3,4,5). The Kier molecular flexibility index (Phi) is 15.6. The van der Waals surface area contributed by atoms with Crippen molar-refractivity contribution in [3.05, 3.63) is 137 Å². The average molecular weight is 684 g/mol. The SMILES string of the molecule is CCCCSC(SCCCC)=C(NC(=O)c1ccccc1)[P+](c1ccccc1)(c1ccccc1)c1ccccc1.[O-][Cl+3]([O-])([O-])[O-]. The number of hydrogen-bond acceptors (Lipinski definition) is 7. The molecule has 1 amide bonds. The van der Waals surface area contributed by atoms with Gasteiger partial charge in [-0.15, -0.1) is 33.8 Å². The molecule has 1 N–H and O–H groups in total. The molecule has 0 aliphatic rings. The average Bonchev–Trinajstić information content (AvgIpc) is 3.05. The smallest absolute Gasteiger partial charge is 0.258 e. The summed E-state index contributed by atoms with van der Waals surface area (Å²) in [6.45, 7) is 4.48. The third-order valence-corrected chi connectivity index (χ3v) is 13.8. The van der Waals surface area contributed by atoms with Crippen LogP contribution in [0.5, 0.6) is 0 Å². The Morgan fingerprint density at radius 2 is 0.956 bits per heavy atom. The van der Waals surface area contributed by atoms with E-state index in [1.807, 2.05) is 53.9 Å². The van der Waals surface area contributed by atoms with Gasteiger partial charge in [0.1, 0.15) is 20.2 Å². The van der Waals surface area contributed by atoms with Crippen molar-refractivity contribution in [2.24, 2.45) is 0 Å². The van der Waals surface area contributed by atoms with Crippen molar-refractivity contribution in [2.45, 2.75) is 39.5 Å². The predicted molar refractivity (Wildman–Crippen MR) is 181 cm³/mol. The number of carbonyl (C=O) groups excluding carboxylic acids is 1. The van der Waals surface area contributed by atoms with E-state index < -0.39 is 17.5 Å². The van der Waals surface area contributed by atoms with Gasteiger partial charge in [-0.25, -0.2) is 18.6 Å². The number of thioether (sulfide) groups is 2. The lowest BCUT2D eigenvalue weighted by Gasteiger charge is -2.31. The van der Waals surface area contributed by atoms with Crippen LogP contribution in [0.15, 0.2) is 131 Å². The minimum Gasteiger partial charge on any atom is -0.291 e. The Hall–Kier alpha value is -2.65. The van der Waals surface area contributed by atoms with Crippen LogP contribution in [-0.2, 0) is 0 Å². The lowest BCUT2D eigenvalue weighted by atomic mass is 10.2. The molecule has 0 aliphatic heterocycles. The van der Waals surface area contributed by atoms with Gasteiger partial charge in [0.2, 0.25) is 0 Å². The molecular formula is C35H39ClNO5PS2. The van der Waals surface area contributed by atoms with Crippen LogP contribution in [0.3, 0.4) is 0 Å². The van der Waals surface area contributed by atoms with Gasteiger partial charge in [-0.2, -0.15) is 0 Å². The highest BCUT2D eigenvalue weighted by atomic mass is 35.7. The second-order valence-electron chi connectivity index (χ2n) is 9.92. The minimum atomic E-state index is -4.94. The summed E-state index contributed by atoms with van der Waals surface area (Å²) in [5.41, 5.74) is 1.72. The number of unbranched alkanes of at least 4 members (excludes halogenated alkanes) is 2. The van der Waals surface area contributed by atoms with Gasteiger partial charge in [0.25, 0.3) is 5.91 Å². The molecule has 0 radical (unpaired) electrons. The number of benzene rings is 4. The van der Waals surface area contributed by atoms with E-state index >= 15 is 0 Å². The van der Waals surface area contributed by atoms with Crippen LogP contribution in [0.2, 0.25) is 0 Å². The highest BCUT2D eigenvalue weighted by Crippen LogP contribution is 2.64. The van der Waals surface area contributed by atoms with E-state index in [-0.39, 0.29) is 5.91 Å². The zero-order valence-electron chi connectivity index (χ0n) is 25.5. The summed E-state index contributed by atoms with van der Waals surface area (Å²) in [4.78, 5) is 14.0. The first-order valence-electron chi connectivity index (χ1n) is 14.8. The molecule has 0 bridgehead atoms. The maximum absolute atomic E-state index is 14.0. The number of nitrogens with one attached hydrogen (secondary N) is 1. The first kappa shape index (κ1) is 36.8. The fourth-order valence-corrected chi connectivity index (χ4v) is 12.4. The summed E-state index contributed by atoms with van der Waals surface area (Å²) in [6.07, 6.45) is 4.55. The summed E-state index contributed by atoms with van der Waals surface area (Å²) in [6, 6.07) is 42.1. The lowest BCUT2D eigenvalue weighted by Crippen LogP contribution is -2.68. The maximum Gasteiger partial charge on any atom is 0.258 e. The molecule has 45 heavy (non-hydrogen) atoms. The van der Waals surface area contributed by atoms with E-state index in [1.165, 1.54) is 20.2 Å². The maximum atomic E-state index is 14.0. The van der Waals surface area contributed by atoms with Crippen LogP contribution < -0.4 is 39.9 Å². The van der Waals surface area contributed by atoms with E-state index in [2.05, 4.69) is 110 Å². The van der Waals surface area contributed by atoms with Crippen molar-refractivity contribution in [3.63, 3.8) is 0 Å². The molecule has 0 spiro atoms. The number of carbonyl (C=O) groups is 1. The van der Waals surface area contributed by atoms with Gasteiger partial charge < -0.3 is 0 Å². The van der Waals surface area contributed by atoms with Crippen molar-refractivity contribution >= 4 is 52.6 Å². The molecule has 238 valence electrons. The molecule has 10 heteroatoms. The second kappa shape index (κ2) is 19.1. The van der Waals surface area contributed by atoms with Crippen LogP contribution in [-0.4, -0.2) is 17.4 Å². The molecule has 0 atom stereocenters. The van der Waals surface area contributed by atoms with Crippen molar-refractivity contribution in [2.75, 3.05) is 11.5 Å². The summed E-state index contributed by atoms with van der Waals surface area (Å²) in [7, 11) is -7.43. The fraction of sp³-hybridized carbons (Fsp3) is 0.229. The molecule has 0 saturated carbocycles. The zero-order valence-corrected chi connectivity index (χ0v) is 28.8. The molecule has 0 fully saturated rings. The number of hydrogen-bond donors (Lipinski definition) is 1. The fourth-order valence-electron chi connectivity index (χ4n) is 4.63. The first-order valence-corrected chi connectivity index (χ1v) is 19.8. The summed E-state index contributed by atoms with van der Waals surface area (Å²) in [5, 5.41) is 7.28. The molecule has 4 aromatic carbocycles. The van der Waals surface area contributed by atoms with Crippen molar-refractivity contribution < 1.29 is 33.7 Å². The zero-order chi connectivity index (χ0) is 32.5. The van der Waals surface area contributed by atoms with Gasteiger partial charge in [0, 0.05) is 5.56 Å². The highest BCUT2D eigenvalue weighted by Gasteiger charge is 2.52. The van der Waals surface area contributed by atoms with E-state index in [0.717, 1.165) is 42.6 Å². The minimum absolute atomic E-state index is 0.0625. The summed E-state index contributed by atoms with van der Waals surface area (Å²) in [5.74, 6) is 1.98. The normalized spacial score (nSPS) is 11.2. The molecule has 0 aliphatic carbocycles. The largest absolute Gasteiger partial charge is 0.291 e. The van der Waals surface area contributed by atoms with Gasteiger partial charge in [-0.05, 0) is 72.9 Å². The van der Waals surface area contributed by atoms with Gasteiger partial charge in [-0.3, -0.25) is 10.1 Å². The molecule has 4 aromatic rings. The number of rotatable bonds is 14. The van der Waals surface area contributed by atoms with Gasteiger partial charge in [0.15, 0.2) is 12.7 Å². The summed E-state index contributed by atoms with van der Waals surface area (Å²) >= 11 is 3.82. The second-order valence-corrected chi connectivity index (χ2v) is 16.5. The Morgan fingerprint density at radius 1 is 0.622 bits per heavy atom. The van der Waals surface area contributed by atoms with Gasteiger partial charge >= 0.3 is 0 Å². The molecule has 4 rings (SSSR count). The molecule has 0 unspecified atom stereocenters. The Labute approximate surface area is 278 Å². The van der Waals surface area contributed by atoms with E-state index in [1.54, 1.807) is 0 Å². The van der Waals surface area contributed by atoms with Gasteiger partial charge in [0.05, 0.1) is 0 Å².